The monoisotopic (exact) mass is 371 g/mol. The van der Waals surface area contributed by atoms with E-state index in [9.17, 15) is 26.4 Å². The minimum atomic E-state index is -4.86. The first-order valence-corrected chi connectivity index (χ1v) is 8.17. The Kier molecular flexibility index (Phi) is 4.14. The molecule has 1 aromatic carbocycles. The molecular formula is C12H6Cl2F3NO3S. The van der Waals surface area contributed by atoms with Crippen LogP contribution in [0.5, 0.6) is 0 Å². The Morgan fingerprint density at radius 3 is 2.32 bits per heavy atom. The average Bonchev–Trinajstić information content (AvgIpc) is 2.33. The number of alkyl halides is 3. The minimum absolute atomic E-state index is 0.0990. The molecule has 118 valence electrons. The van der Waals surface area contributed by atoms with Gasteiger partial charge in [-0.1, -0.05) is 11.6 Å². The summed E-state index contributed by atoms with van der Waals surface area (Å²) in [5, 5.41) is -1.83. The van der Waals surface area contributed by atoms with Crippen molar-refractivity contribution >= 4 is 49.2 Å². The number of carbonyl (C=O) groups excluding carboxylic acids is 1. The molecule has 10 heteroatoms. The number of halogens is 5. The maximum absolute atomic E-state index is 13.2. The Morgan fingerprint density at radius 1 is 1.27 bits per heavy atom. The van der Waals surface area contributed by atoms with Crippen molar-refractivity contribution in [2.75, 3.05) is 6.26 Å². The number of rotatable bonds is 2. The van der Waals surface area contributed by atoms with Crippen LogP contribution in [0.4, 0.5) is 13.2 Å². The molecule has 0 radical (unpaired) electrons. The summed E-state index contributed by atoms with van der Waals surface area (Å²) in [6, 6.07) is 1.31. The van der Waals surface area contributed by atoms with E-state index in [1.54, 1.807) is 0 Å². The third-order valence-electron chi connectivity index (χ3n) is 2.80. The fourth-order valence-corrected chi connectivity index (χ4v) is 3.26. The predicted molar refractivity (Wildman–Crippen MR) is 75.0 cm³/mol. The highest BCUT2D eigenvalue weighted by molar-refractivity contribution is 7.90. The summed E-state index contributed by atoms with van der Waals surface area (Å²) in [6.45, 7) is 0. The van der Waals surface area contributed by atoms with Gasteiger partial charge in [0, 0.05) is 17.8 Å². The van der Waals surface area contributed by atoms with Crippen LogP contribution in [0.25, 0.3) is 10.9 Å². The molecule has 4 nitrogen and oxygen atoms in total. The molecule has 0 amide bonds. The fourth-order valence-electron chi connectivity index (χ4n) is 1.96. The van der Waals surface area contributed by atoms with Crippen LogP contribution in [0, 0.1) is 0 Å². The minimum Gasteiger partial charge on any atom is -0.275 e. The summed E-state index contributed by atoms with van der Waals surface area (Å²) in [5.74, 6) is 0. The number of hydrogen-bond donors (Lipinski definition) is 0. The Morgan fingerprint density at radius 2 is 1.86 bits per heavy atom. The Hall–Kier alpha value is -1.38. The molecule has 0 aliphatic heterocycles. The van der Waals surface area contributed by atoms with Crippen molar-refractivity contribution in [3.05, 3.63) is 34.5 Å². The average molecular weight is 372 g/mol. The van der Waals surface area contributed by atoms with Gasteiger partial charge in [0.1, 0.15) is 0 Å². The fraction of sp³-hybridized carbons (Fsp3) is 0.167. The van der Waals surface area contributed by atoms with Crippen LogP contribution in [-0.4, -0.2) is 24.9 Å². The lowest BCUT2D eigenvalue weighted by atomic mass is 10.0. The molecule has 0 aliphatic rings. The Labute approximate surface area is 132 Å². The third kappa shape index (κ3) is 3.04. The molecule has 2 rings (SSSR count). The third-order valence-corrected chi connectivity index (χ3v) is 4.32. The largest absolute Gasteiger partial charge is 0.417 e. The van der Waals surface area contributed by atoms with Gasteiger partial charge in [-0.05, 0) is 23.7 Å². The normalized spacial score (nSPS) is 12.6. The number of fused-ring (bicyclic) bond motifs is 1. The van der Waals surface area contributed by atoms with Crippen LogP contribution < -0.4 is 0 Å². The van der Waals surface area contributed by atoms with E-state index in [1.807, 2.05) is 0 Å². The quantitative estimate of drug-likeness (QED) is 0.755. The number of hydrogen-bond acceptors (Lipinski definition) is 4. The highest BCUT2D eigenvalue weighted by Crippen LogP contribution is 2.39. The van der Waals surface area contributed by atoms with Crippen molar-refractivity contribution in [1.29, 1.82) is 0 Å². The van der Waals surface area contributed by atoms with E-state index < -0.39 is 48.2 Å². The van der Waals surface area contributed by atoms with Gasteiger partial charge in [0.25, 0.3) is 5.24 Å². The summed E-state index contributed by atoms with van der Waals surface area (Å²) in [4.78, 5) is 14.3. The van der Waals surface area contributed by atoms with Crippen LogP contribution >= 0.6 is 23.2 Å². The number of benzene rings is 1. The number of pyridine rings is 1. The topological polar surface area (TPSA) is 64.1 Å². The van der Waals surface area contributed by atoms with Crippen molar-refractivity contribution in [2.45, 2.75) is 11.1 Å². The summed E-state index contributed by atoms with van der Waals surface area (Å²) in [6.07, 6.45) is -3.19. The van der Waals surface area contributed by atoms with Gasteiger partial charge in [0.15, 0.2) is 9.84 Å². The molecular weight excluding hydrogens is 366 g/mol. The molecule has 0 unspecified atom stereocenters. The zero-order valence-electron chi connectivity index (χ0n) is 10.7. The summed E-state index contributed by atoms with van der Waals surface area (Å²) in [5.41, 5.74) is -2.34. The van der Waals surface area contributed by atoms with Crippen molar-refractivity contribution < 1.29 is 26.4 Å². The van der Waals surface area contributed by atoms with E-state index in [-0.39, 0.29) is 5.02 Å². The van der Waals surface area contributed by atoms with Crippen molar-refractivity contribution in [3.63, 3.8) is 0 Å². The number of nitrogens with zero attached hydrogens (tertiary/aromatic N) is 1. The molecule has 0 bridgehead atoms. The molecule has 1 heterocycles. The lowest BCUT2D eigenvalue weighted by Crippen LogP contribution is -2.13. The first kappa shape index (κ1) is 17.0. The number of aromatic nitrogens is 1. The second-order valence-corrected chi connectivity index (χ2v) is 7.15. The lowest BCUT2D eigenvalue weighted by Gasteiger charge is -2.15. The second kappa shape index (κ2) is 5.36. The highest BCUT2D eigenvalue weighted by Gasteiger charge is 2.36. The van der Waals surface area contributed by atoms with Gasteiger partial charge >= 0.3 is 6.18 Å². The zero-order valence-corrected chi connectivity index (χ0v) is 13.0. The molecule has 0 atom stereocenters. The zero-order chi connectivity index (χ0) is 16.9. The molecule has 0 fully saturated rings. The number of sulfone groups is 1. The SMILES string of the molecule is CS(=O)(=O)c1cc(C(F)(F)F)c2cc(Cl)cnc2c1C(=O)Cl. The second-order valence-electron chi connectivity index (χ2n) is 4.39. The smallest absolute Gasteiger partial charge is 0.275 e. The molecule has 0 spiro atoms. The first-order valence-electron chi connectivity index (χ1n) is 5.52. The Balaban J connectivity index is 3.14. The van der Waals surface area contributed by atoms with Crippen LogP contribution in [0.15, 0.2) is 23.2 Å². The summed E-state index contributed by atoms with van der Waals surface area (Å²) < 4.78 is 62.9. The van der Waals surface area contributed by atoms with Gasteiger partial charge in [-0.3, -0.25) is 9.78 Å². The van der Waals surface area contributed by atoms with E-state index in [2.05, 4.69) is 4.98 Å². The van der Waals surface area contributed by atoms with E-state index in [4.69, 9.17) is 23.2 Å². The predicted octanol–water partition coefficient (Wildman–Crippen LogP) is 3.69. The van der Waals surface area contributed by atoms with Crippen molar-refractivity contribution in [1.82, 2.24) is 4.98 Å². The standard InChI is InChI=1S/C12H6Cl2F3NO3S/c1-22(20,21)8-3-7(12(15,16)17)6-2-5(13)4-18-10(6)9(8)11(14)19/h2-4H,1H3. The Bertz CT molecular complexity index is 895. The maximum atomic E-state index is 13.2. The van der Waals surface area contributed by atoms with Crippen LogP contribution in [0.2, 0.25) is 5.02 Å². The van der Waals surface area contributed by atoms with E-state index in [0.29, 0.717) is 12.3 Å². The van der Waals surface area contributed by atoms with Crippen LogP contribution in [0.1, 0.15) is 15.9 Å². The van der Waals surface area contributed by atoms with Gasteiger partial charge < -0.3 is 0 Å². The molecule has 0 saturated carbocycles. The van der Waals surface area contributed by atoms with Gasteiger partial charge in [-0.2, -0.15) is 13.2 Å². The van der Waals surface area contributed by atoms with E-state index >= 15 is 0 Å². The first-order chi connectivity index (χ1) is 9.93. The molecule has 2 aromatic rings. The van der Waals surface area contributed by atoms with Crippen LogP contribution in [0.3, 0.4) is 0 Å². The van der Waals surface area contributed by atoms with Gasteiger partial charge in [-0.25, -0.2) is 8.42 Å². The number of carbonyl (C=O) groups is 1. The van der Waals surface area contributed by atoms with E-state index in [0.717, 1.165) is 12.3 Å². The maximum Gasteiger partial charge on any atom is 0.417 e. The summed E-state index contributed by atoms with van der Waals surface area (Å²) in [7, 11) is -4.14. The molecule has 0 saturated heterocycles. The van der Waals surface area contributed by atoms with Crippen molar-refractivity contribution in [2.24, 2.45) is 0 Å². The van der Waals surface area contributed by atoms with Gasteiger partial charge in [0.2, 0.25) is 0 Å². The summed E-state index contributed by atoms with van der Waals surface area (Å²) >= 11 is 11.0. The highest BCUT2D eigenvalue weighted by atomic mass is 35.5. The molecule has 1 aromatic heterocycles. The van der Waals surface area contributed by atoms with E-state index in [1.165, 1.54) is 0 Å². The lowest BCUT2D eigenvalue weighted by molar-refractivity contribution is -0.136. The van der Waals surface area contributed by atoms with Gasteiger partial charge in [0.05, 0.1) is 26.6 Å². The van der Waals surface area contributed by atoms with Crippen LogP contribution in [-0.2, 0) is 16.0 Å². The molecule has 0 aliphatic carbocycles. The van der Waals surface area contributed by atoms with Crippen molar-refractivity contribution in [3.8, 4) is 0 Å². The molecule has 0 N–H and O–H groups in total. The molecule has 22 heavy (non-hydrogen) atoms. The van der Waals surface area contributed by atoms with Gasteiger partial charge in [-0.15, -0.1) is 0 Å².